The fourth-order valence-corrected chi connectivity index (χ4v) is 3.39. The molecule has 7 heteroatoms. The Hall–Kier alpha value is -0.500. The van der Waals surface area contributed by atoms with Crippen molar-refractivity contribution in [2.75, 3.05) is 44.4 Å². The quantitative estimate of drug-likeness (QED) is 0.607. The van der Waals surface area contributed by atoms with E-state index in [1.807, 2.05) is 0 Å². The lowest BCUT2D eigenvalue weighted by atomic mass is 10.4. The first-order valence-corrected chi connectivity index (χ1v) is 9.03. The molecule has 0 aromatic carbocycles. The van der Waals surface area contributed by atoms with Crippen LogP contribution >= 0.6 is 23.5 Å². The molecule has 2 rings (SSSR count). The zero-order chi connectivity index (χ0) is 14.2. The lowest BCUT2D eigenvalue weighted by Crippen LogP contribution is -2.37. The van der Waals surface area contributed by atoms with Gasteiger partial charge in [-0.2, -0.15) is 11.8 Å². The highest BCUT2D eigenvalue weighted by atomic mass is 32.2. The zero-order valence-electron chi connectivity index (χ0n) is 11.8. The van der Waals surface area contributed by atoms with E-state index in [1.54, 1.807) is 29.6 Å². The molecule has 1 aliphatic rings. The molecule has 0 bridgehead atoms. The van der Waals surface area contributed by atoms with Gasteiger partial charge in [-0.3, -0.25) is 9.69 Å². The smallest absolute Gasteiger partial charge is 0.251 e. The second kappa shape index (κ2) is 8.71. The van der Waals surface area contributed by atoms with Crippen molar-refractivity contribution in [3.63, 3.8) is 0 Å². The summed E-state index contributed by atoms with van der Waals surface area (Å²) in [5, 5.41) is 0.734. The summed E-state index contributed by atoms with van der Waals surface area (Å²) < 4.78 is 5.32. The molecule has 1 N–H and O–H groups in total. The molecule has 0 unspecified atom stereocenters. The van der Waals surface area contributed by atoms with Gasteiger partial charge in [0.25, 0.3) is 5.56 Å². The number of nitrogens with zero attached hydrogens (tertiary/aromatic N) is 2. The summed E-state index contributed by atoms with van der Waals surface area (Å²) in [5.41, 5.74) is 0.815. The van der Waals surface area contributed by atoms with Crippen molar-refractivity contribution in [1.29, 1.82) is 0 Å². The minimum Gasteiger partial charge on any atom is -0.379 e. The third-order valence-electron chi connectivity index (χ3n) is 2.98. The predicted molar refractivity (Wildman–Crippen MR) is 84.7 cm³/mol. The van der Waals surface area contributed by atoms with Crippen molar-refractivity contribution >= 4 is 23.5 Å². The maximum absolute atomic E-state index is 11.6. The molecular weight excluding hydrogens is 294 g/mol. The molecule has 1 fully saturated rings. The maximum Gasteiger partial charge on any atom is 0.251 e. The largest absolute Gasteiger partial charge is 0.379 e. The summed E-state index contributed by atoms with van der Waals surface area (Å²) in [6, 6.07) is 1.59. The number of aromatic amines is 1. The second-order valence-corrected chi connectivity index (χ2v) is 6.84. The van der Waals surface area contributed by atoms with E-state index >= 15 is 0 Å². The summed E-state index contributed by atoms with van der Waals surface area (Å²) in [6.45, 7) is 6.75. The molecule has 1 aromatic rings. The van der Waals surface area contributed by atoms with Gasteiger partial charge in [-0.15, -0.1) is 0 Å². The Bertz CT molecular complexity index is 461. The Labute approximate surface area is 127 Å². The van der Waals surface area contributed by atoms with Crippen LogP contribution in [0, 0.1) is 0 Å². The molecule has 0 amide bonds. The highest BCUT2D eigenvalue weighted by Crippen LogP contribution is 2.14. The van der Waals surface area contributed by atoms with Crippen molar-refractivity contribution in [3.8, 4) is 0 Å². The Morgan fingerprint density at radius 1 is 1.45 bits per heavy atom. The highest BCUT2D eigenvalue weighted by Gasteiger charge is 2.10. The molecule has 20 heavy (non-hydrogen) atoms. The summed E-state index contributed by atoms with van der Waals surface area (Å²) in [4.78, 5) is 21.3. The second-order valence-electron chi connectivity index (χ2n) is 4.48. The number of rotatable bonds is 7. The Kier molecular flexibility index (Phi) is 6.92. The van der Waals surface area contributed by atoms with Gasteiger partial charge in [0.1, 0.15) is 0 Å². The molecule has 0 saturated carbocycles. The van der Waals surface area contributed by atoms with Crippen molar-refractivity contribution < 1.29 is 4.74 Å². The lowest BCUT2D eigenvalue weighted by molar-refractivity contribution is 0.0410. The van der Waals surface area contributed by atoms with Gasteiger partial charge in [-0.05, 0) is 5.75 Å². The first-order chi connectivity index (χ1) is 9.78. The molecule has 2 heterocycles. The first-order valence-electron chi connectivity index (χ1n) is 6.89. The van der Waals surface area contributed by atoms with Crippen LogP contribution < -0.4 is 5.56 Å². The van der Waals surface area contributed by atoms with E-state index in [1.165, 1.54) is 0 Å². The van der Waals surface area contributed by atoms with Crippen LogP contribution in [-0.2, 0) is 10.5 Å². The van der Waals surface area contributed by atoms with E-state index in [-0.39, 0.29) is 5.56 Å². The Balaban J connectivity index is 1.82. The molecule has 0 atom stereocenters. The number of H-pyrrole nitrogens is 1. The standard InChI is InChI=1S/C13H21N3O2S2/c1-2-19-10-11-9-12(17)15-13(14-11)20-8-5-16-3-6-18-7-4-16/h9H,2-8,10H2,1H3,(H,14,15,17). The molecule has 0 radical (unpaired) electrons. The number of thioether (sulfide) groups is 2. The molecule has 0 aliphatic carbocycles. The van der Waals surface area contributed by atoms with Gasteiger partial charge in [-0.25, -0.2) is 4.98 Å². The summed E-state index contributed by atoms with van der Waals surface area (Å²) in [7, 11) is 0. The van der Waals surface area contributed by atoms with Gasteiger partial charge in [0.2, 0.25) is 0 Å². The number of ether oxygens (including phenoxy) is 1. The van der Waals surface area contributed by atoms with Crippen LogP contribution in [0.3, 0.4) is 0 Å². The highest BCUT2D eigenvalue weighted by molar-refractivity contribution is 7.99. The third-order valence-corrected chi connectivity index (χ3v) is 4.74. The van der Waals surface area contributed by atoms with E-state index in [2.05, 4.69) is 21.8 Å². The van der Waals surface area contributed by atoms with Crippen molar-refractivity contribution in [2.24, 2.45) is 0 Å². The van der Waals surface area contributed by atoms with Crippen molar-refractivity contribution in [1.82, 2.24) is 14.9 Å². The van der Waals surface area contributed by atoms with Crippen LogP contribution in [0.4, 0.5) is 0 Å². The summed E-state index contributed by atoms with van der Waals surface area (Å²) >= 11 is 3.40. The number of nitrogens with one attached hydrogen (secondary N) is 1. The van der Waals surface area contributed by atoms with Gasteiger partial charge >= 0.3 is 0 Å². The van der Waals surface area contributed by atoms with Crippen LogP contribution in [0.15, 0.2) is 16.0 Å². The van der Waals surface area contributed by atoms with Crippen LogP contribution in [-0.4, -0.2) is 59.2 Å². The Morgan fingerprint density at radius 3 is 3.00 bits per heavy atom. The summed E-state index contributed by atoms with van der Waals surface area (Å²) in [6.07, 6.45) is 0. The minimum absolute atomic E-state index is 0.0550. The maximum atomic E-state index is 11.6. The van der Waals surface area contributed by atoms with E-state index in [9.17, 15) is 4.79 Å². The average molecular weight is 315 g/mol. The molecule has 112 valence electrons. The number of hydrogen-bond acceptors (Lipinski definition) is 6. The molecular formula is C13H21N3O2S2. The fraction of sp³-hybridized carbons (Fsp3) is 0.692. The summed E-state index contributed by atoms with van der Waals surface area (Å²) in [5.74, 6) is 2.78. The first kappa shape index (κ1) is 15.9. The van der Waals surface area contributed by atoms with Gasteiger partial charge < -0.3 is 9.72 Å². The van der Waals surface area contributed by atoms with Crippen LogP contribution in [0.2, 0.25) is 0 Å². The number of morpholine rings is 1. The van der Waals surface area contributed by atoms with Crippen molar-refractivity contribution in [2.45, 2.75) is 17.8 Å². The van der Waals surface area contributed by atoms with E-state index in [0.717, 1.165) is 61.0 Å². The van der Waals surface area contributed by atoms with Gasteiger partial charge in [0.05, 0.1) is 18.9 Å². The van der Waals surface area contributed by atoms with E-state index < -0.39 is 0 Å². The van der Waals surface area contributed by atoms with Gasteiger partial charge in [0, 0.05) is 37.2 Å². The molecule has 1 aliphatic heterocycles. The molecule has 1 saturated heterocycles. The van der Waals surface area contributed by atoms with E-state index in [0.29, 0.717) is 0 Å². The van der Waals surface area contributed by atoms with Gasteiger partial charge in [-0.1, -0.05) is 18.7 Å². The lowest BCUT2D eigenvalue weighted by Gasteiger charge is -2.26. The molecule has 1 aromatic heterocycles. The number of hydrogen-bond donors (Lipinski definition) is 1. The fourth-order valence-electron chi connectivity index (χ4n) is 1.93. The third kappa shape index (κ3) is 5.47. The minimum atomic E-state index is -0.0550. The number of aromatic nitrogens is 2. The zero-order valence-corrected chi connectivity index (χ0v) is 13.4. The van der Waals surface area contributed by atoms with Gasteiger partial charge in [0.15, 0.2) is 5.16 Å². The SMILES string of the molecule is CCSCc1cc(=O)[nH]c(SCCN2CCOCC2)n1. The van der Waals surface area contributed by atoms with Crippen LogP contribution in [0.1, 0.15) is 12.6 Å². The molecule has 5 nitrogen and oxygen atoms in total. The van der Waals surface area contributed by atoms with Crippen molar-refractivity contribution in [3.05, 3.63) is 22.1 Å². The predicted octanol–water partition coefficient (Wildman–Crippen LogP) is 1.45. The van der Waals surface area contributed by atoms with Crippen LogP contribution in [0.5, 0.6) is 0 Å². The van der Waals surface area contributed by atoms with E-state index in [4.69, 9.17) is 4.74 Å². The Morgan fingerprint density at radius 2 is 2.25 bits per heavy atom. The normalized spacial score (nSPS) is 16.4. The molecule has 0 spiro atoms. The monoisotopic (exact) mass is 315 g/mol. The topological polar surface area (TPSA) is 58.2 Å². The average Bonchev–Trinajstić information content (AvgIpc) is 2.46. The van der Waals surface area contributed by atoms with Crippen LogP contribution in [0.25, 0.3) is 0 Å².